The molecule has 2 aromatic heterocycles. The van der Waals surface area contributed by atoms with Crippen molar-refractivity contribution in [1.29, 1.82) is 0 Å². The van der Waals surface area contributed by atoms with Gasteiger partial charge in [-0.15, -0.1) is 11.3 Å². The van der Waals surface area contributed by atoms with Gasteiger partial charge in [0, 0.05) is 0 Å². The zero-order valence-electron chi connectivity index (χ0n) is 7.77. The molecule has 0 spiro atoms. The Kier molecular flexibility index (Phi) is 1.85. The van der Waals surface area contributed by atoms with E-state index in [9.17, 15) is 4.79 Å². The first-order valence-electron chi connectivity index (χ1n) is 4.10. The highest BCUT2D eigenvalue weighted by molar-refractivity contribution is 7.17. The summed E-state index contributed by atoms with van der Waals surface area (Å²) >= 11 is 1.45. The summed E-state index contributed by atoms with van der Waals surface area (Å²) in [6, 6.07) is 1.79. The number of nitrogens with zero attached hydrogens (tertiary/aromatic N) is 1. The van der Waals surface area contributed by atoms with Crippen molar-refractivity contribution in [3.8, 4) is 0 Å². The standard InChI is InChI=1S/C9H9NO3S/c1-9(2,8(11)12)7-6-5(13-10-7)3-4-14-6/h3-4H,1-2H3,(H,11,12). The molecule has 0 fully saturated rings. The first-order valence-corrected chi connectivity index (χ1v) is 4.98. The van der Waals surface area contributed by atoms with Gasteiger partial charge in [-0.3, -0.25) is 4.79 Å². The SMILES string of the molecule is CC(C)(C(=O)O)c1noc2ccsc12. The summed E-state index contributed by atoms with van der Waals surface area (Å²) in [5.41, 5.74) is 0.144. The van der Waals surface area contributed by atoms with Gasteiger partial charge in [-0.05, 0) is 25.3 Å². The van der Waals surface area contributed by atoms with E-state index in [1.165, 1.54) is 11.3 Å². The molecule has 0 radical (unpaired) electrons. The Morgan fingerprint density at radius 2 is 2.36 bits per heavy atom. The van der Waals surface area contributed by atoms with Crippen LogP contribution in [0.3, 0.4) is 0 Å². The van der Waals surface area contributed by atoms with Gasteiger partial charge < -0.3 is 9.63 Å². The molecule has 0 unspecified atom stereocenters. The molecule has 2 aromatic rings. The molecule has 0 aromatic carbocycles. The first kappa shape index (κ1) is 9.21. The number of carboxylic acid groups (broad SMARTS) is 1. The lowest BCUT2D eigenvalue weighted by Gasteiger charge is -2.14. The highest BCUT2D eigenvalue weighted by Crippen LogP contribution is 2.33. The molecule has 74 valence electrons. The number of carbonyl (C=O) groups is 1. The predicted octanol–water partition coefficient (Wildman–Crippen LogP) is 2.25. The number of hydrogen-bond acceptors (Lipinski definition) is 4. The van der Waals surface area contributed by atoms with Crippen molar-refractivity contribution in [3.05, 3.63) is 17.1 Å². The van der Waals surface area contributed by atoms with Crippen LogP contribution in [-0.4, -0.2) is 16.2 Å². The van der Waals surface area contributed by atoms with E-state index in [1.54, 1.807) is 19.9 Å². The fraction of sp³-hybridized carbons (Fsp3) is 0.333. The molecule has 0 saturated heterocycles. The van der Waals surface area contributed by atoms with E-state index in [2.05, 4.69) is 5.16 Å². The fourth-order valence-electron chi connectivity index (χ4n) is 1.18. The van der Waals surface area contributed by atoms with Crippen molar-refractivity contribution >= 4 is 27.6 Å². The number of aromatic nitrogens is 1. The molecule has 1 N–H and O–H groups in total. The van der Waals surface area contributed by atoms with Crippen LogP contribution >= 0.6 is 11.3 Å². The summed E-state index contributed by atoms with van der Waals surface area (Å²) in [7, 11) is 0. The minimum atomic E-state index is -1.00. The van der Waals surface area contributed by atoms with Crippen LogP contribution in [0.15, 0.2) is 16.0 Å². The van der Waals surface area contributed by atoms with Gasteiger partial charge in [0.05, 0.1) is 4.70 Å². The second-order valence-electron chi connectivity index (χ2n) is 3.58. The van der Waals surface area contributed by atoms with E-state index in [1.807, 2.05) is 5.38 Å². The van der Waals surface area contributed by atoms with Crippen molar-refractivity contribution in [3.63, 3.8) is 0 Å². The third kappa shape index (κ3) is 1.13. The minimum Gasteiger partial charge on any atom is -0.481 e. The zero-order chi connectivity index (χ0) is 10.3. The Hall–Kier alpha value is -1.36. The van der Waals surface area contributed by atoms with Gasteiger partial charge in [-0.25, -0.2) is 0 Å². The van der Waals surface area contributed by atoms with E-state index in [0.29, 0.717) is 11.3 Å². The molecular formula is C9H9NO3S. The topological polar surface area (TPSA) is 63.3 Å². The van der Waals surface area contributed by atoms with Crippen molar-refractivity contribution in [2.45, 2.75) is 19.3 Å². The molecule has 0 bridgehead atoms. The number of carboxylic acids is 1. The van der Waals surface area contributed by atoms with E-state index >= 15 is 0 Å². The van der Waals surface area contributed by atoms with Crippen LogP contribution in [-0.2, 0) is 10.2 Å². The average Bonchev–Trinajstić information content (AvgIpc) is 2.61. The Balaban J connectivity index is 2.64. The van der Waals surface area contributed by atoms with Gasteiger partial charge in [0.2, 0.25) is 0 Å². The third-order valence-corrected chi connectivity index (χ3v) is 3.11. The normalized spacial score (nSPS) is 12.1. The number of rotatable bonds is 2. The third-order valence-electron chi connectivity index (χ3n) is 2.21. The summed E-state index contributed by atoms with van der Waals surface area (Å²) in [4.78, 5) is 11.0. The summed E-state index contributed by atoms with van der Waals surface area (Å²) in [5.74, 6) is -0.902. The molecule has 0 saturated carbocycles. The lowest BCUT2D eigenvalue weighted by molar-refractivity contribution is -0.142. The van der Waals surface area contributed by atoms with Gasteiger partial charge in [0.1, 0.15) is 11.1 Å². The zero-order valence-corrected chi connectivity index (χ0v) is 8.59. The molecule has 0 amide bonds. The fourth-order valence-corrected chi connectivity index (χ4v) is 2.13. The van der Waals surface area contributed by atoms with Gasteiger partial charge in [-0.1, -0.05) is 5.16 Å². The minimum absolute atomic E-state index is 0.495. The van der Waals surface area contributed by atoms with Crippen molar-refractivity contribution in [2.24, 2.45) is 0 Å². The largest absolute Gasteiger partial charge is 0.481 e. The van der Waals surface area contributed by atoms with E-state index in [-0.39, 0.29) is 0 Å². The van der Waals surface area contributed by atoms with E-state index in [0.717, 1.165) is 4.70 Å². The van der Waals surface area contributed by atoms with Gasteiger partial charge in [0.15, 0.2) is 5.58 Å². The molecule has 4 nitrogen and oxygen atoms in total. The lowest BCUT2D eigenvalue weighted by Crippen LogP contribution is -2.28. The van der Waals surface area contributed by atoms with Gasteiger partial charge in [0.25, 0.3) is 0 Å². The summed E-state index contributed by atoms with van der Waals surface area (Å²) < 4.78 is 5.84. The lowest BCUT2D eigenvalue weighted by atomic mass is 9.89. The molecule has 2 rings (SSSR count). The van der Waals surface area contributed by atoms with Crippen LogP contribution < -0.4 is 0 Å². The second kappa shape index (κ2) is 2.81. The van der Waals surface area contributed by atoms with Gasteiger partial charge in [-0.2, -0.15) is 0 Å². The van der Waals surface area contributed by atoms with Crippen molar-refractivity contribution in [1.82, 2.24) is 5.16 Å². The Bertz CT molecular complexity index is 483. The van der Waals surface area contributed by atoms with Crippen LogP contribution in [0.2, 0.25) is 0 Å². The smallest absolute Gasteiger partial charge is 0.315 e. The number of thiophene rings is 1. The molecular weight excluding hydrogens is 202 g/mol. The number of hydrogen-bond donors (Lipinski definition) is 1. The molecule has 0 aliphatic carbocycles. The molecule has 5 heteroatoms. The molecule has 14 heavy (non-hydrogen) atoms. The Labute approximate surface area is 84.1 Å². The molecule has 0 aliphatic heterocycles. The van der Waals surface area contributed by atoms with E-state index in [4.69, 9.17) is 9.63 Å². The molecule has 0 aliphatic rings. The van der Waals surface area contributed by atoms with E-state index < -0.39 is 11.4 Å². The maximum Gasteiger partial charge on any atom is 0.315 e. The Morgan fingerprint density at radius 3 is 3.00 bits per heavy atom. The quantitative estimate of drug-likeness (QED) is 0.827. The van der Waals surface area contributed by atoms with Crippen molar-refractivity contribution in [2.75, 3.05) is 0 Å². The number of aliphatic carboxylic acids is 1. The molecule has 0 atom stereocenters. The van der Waals surface area contributed by atoms with Crippen molar-refractivity contribution < 1.29 is 14.4 Å². The van der Waals surface area contributed by atoms with Crippen LogP contribution in [0.4, 0.5) is 0 Å². The predicted molar refractivity (Wildman–Crippen MR) is 52.5 cm³/mol. The van der Waals surface area contributed by atoms with Crippen LogP contribution in [0.25, 0.3) is 10.3 Å². The highest BCUT2D eigenvalue weighted by Gasteiger charge is 2.35. The maximum atomic E-state index is 11.0. The number of fused-ring (bicyclic) bond motifs is 1. The second-order valence-corrected chi connectivity index (χ2v) is 4.49. The summed E-state index contributed by atoms with van der Waals surface area (Å²) in [6.45, 7) is 3.23. The highest BCUT2D eigenvalue weighted by atomic mass is 32.1. The van der Waals surface area contributed by atoms with Crippen LogP contribution in [0, 0.1) is 0 Å². The monoisotopic (exact) mass is 211 g/mol. The maximum absolute atomic E-state index is 11.0. The first-order chi connectivity index (χ1) is 6.53. The average molecular weight is 211 g/mol. The van der Waals surface area contributed by atoms with Crippen LogP contribution in [0.1, 0.15) is 19.5 Å². The summed E-state index contributed by atoms with van der Waals surface area (Å²) in [6.07, 6.45) is 0. The Morgan fingerprint density at radius 1 is 1.64 bits per heavy atom. The molecule has 2 heterocycles. The van der Waals surface area contributed by atoms with Crippen LogP contribution in [0.5, 0.6) is 0 Å². The summed E-state index contributed by atoms with van der Waals surface area (Å²) in [5, 5.41) is 14.7. The van der Waals surface area contributed by atoms with Gasteiger partial charge >= 0.3 is 5.97 Å².